The van der Waals surface area contributed by atoms with E-state index >= 15 is 0 Å². The van der Waals surface area contributed by atoms with Gasteiger partial charge in [-0.2, -0.15) is 23.4 Å². The molecule has 1 atom stereocenters. The van der Waals surface area contributed by atoms with Crippen LogP contribution in [-0.4, -0.2) is 20.4 Å². The highest BCUT2D eigenvalue weighted by molar-refractivity contribution is 5.60. The maximum absolute atomic E-state index is 13.4. The molecule has 0 saturated carbocycles. The van der Waals surface area contributed by atoms with Gasteiger partial charge in [0.1, 0.15) is 5.69 Å². The number of allylic oxidation sites excluding steroid dienone is 1. The van der Waals surface area contributed by atoms with Crippen LogP contribution in [0.3, 0.4) is 0 Å². The molecular formula is C19H22F3N5. The summed E-state index contributed by atoms with van der Waals surface area (Å²) in [6.07, 6.45) is 10.3. The second-order valence-corrected chi connectivity index (χ2v) is 6.45. The van der Waals surface area contributed by atoms with Crippen LogP contribution in [0.2, 0.25) is 0 Å². The van der Waals surface area contributed by atoms with Gasteiger partial charge in [0.25, 0.3) is 0 Å². The van der Waals surface area contributed by atoms with Gasteiger partial charge >= 0.3 is 6.18 Å². The lowest BCUT2D eigenvalue weighted by atomic mass is 9.95. The van der Waals surface area contributed by atoms with Crippen LogP contribution in [0.5, 0.6) is 0 Å². The van der Waals surface area contributed by atoms with Crippen molar-refractivity contribution in [3.8, 4) is 0 Å². The first-order chi connectivity index (χ1) is 13.0. The molecule has 3 rings (SSSR count). The van der Waals surface area contributed by atoms with Gasteiger partial charge in [0.15, 0.2) is 0 Å². The lowest BCUT2D eigenvalue weighted by molar-refractivity contribution is -0.141. The van der Waals surface area contributed by atoms with E-state index in [9.17, 15) is 13.2 Å². The number of hydrogen-bond donors (Lipinski definition) is 3. The second kappa shape index (κ2) is 8.28. The molecule has 1 aliphatic carbocycles. The van der Waals surface area contributed by atoms with Crippen molar-refractivity contribution >= 4 is 12.2 Å². The maximum Gasteiger partial charge on any atom is 0.433 e. The molecule has 2 heterocycles. The Morgan fingerprint density at radius 1 is 1.15 bits per heavy atom. The molecule has 8 heteroatoms. The van der Waals surface area contributed by atoms with Crippen molar-refractivity contribution in [2.75, 3.05) is 0 Å². The Labute approximate surface area is 155 Å². The Morgan fingerprint density at radius 3 is 2.74 bits per heavy atom. The Balaban J connectivity index is 1.90. The van der Waals surface area contributed by atoms with Gasteiger partial charge in [-0.15, -0.1) is 0 Å². The number of rotatable bonds is 6. The Bertz CT molecular complexity index is 829. The van der Waals surface area contributed by atoms with Gasteiger partial charge in [-0.05, 0) is 49.6 Å². The average Bonchev–Trinajstić information content (AvgIpc) is 3.22. The standard InChI is InChI=1S/C19H22F3N5/c1-2-16-14(11-24-26-16)9-10-23-17(13-7-5-3-4-6-8-13)15-12-25-27-18(15)19(20,21)22/h2,7,9-12,17,23H,1,3-6,8H2,(H,24,26)(H,25,27)/b10-9+. The molecule has 1 aliphatic rings. The van der Waals surface area contributed by atoms with Gasteiger partial charge in [0, 0.05) is 11.1 Å². The van der Waals surface area contributed by atoms with Crippen molar-refractivity contribution < 1.29 is 13.2 Å². The molecule has 27 heavy (non-hydrogen) atoms. The van der Waals surface area contributed by atoms with E-state index in [4.69, 9.17) is 0 Å². The Morgan fingerprint density at radius 2 is 1.96 bits per heavy atom. The third-order valence-corrected chi connectivity index (χ3v) is 4.64. The number of nitrogens with one attached hydrogen (secondary N) is 3. The number of nitrogens with zero attached hydrogens (tertiary/aromatic N) is 2. The maximum atomic E-state index is 13.4. The highest BCUT2D eigenvalue weighted by Gasteiger charge is 2.38. The van der Waals surface area contributed by atoms with Crippen molar-refractivity contribution in [3.63, 3.8) is 0 Å². The highest BCUT2D eigenvalue weighted by atomic mass is 19.4. The summed E-state index contributed by atoms with van der Waals surface area (Å²) in [5.74, 6) is 0. The Kier molecular flexibility index (Phi) is 5.83. The first-order valence-corrected chi connectivity index (χ1v) is 8.88. The first-order valence-electron chi connectivity index (χ1n) is 8.88. The van der Waals surface area contributed by atoms with E-state index in [1.165, 1.54) is 6.20 Å². The van der Waals surface area contributed by atoms with Crippen LogP contribution < -0.4 is 5.32 Å². The molecular weight excluding hydrogens is 355 g/mol. The molecule has 0 spiro atoms. The van der Waals surface area contributed by atoms with Crippen LogP contribution in [-0.2, 0) is 6.18 Å². The number of aromatic amines is 2. The van der Waals surface area contributed by atoms with Gasteiger partial charge in [-0.1, -0.05) is 19.1 Å². The number of aromatic nitrogens is 4. The van der Waals surface area contributed by atoms with Crippen LogP contribution in [0.25, 0.3) is 12.2 Å². The molecule has 5 nitrogen and oxygen atoms in total. The van der Waals surface area contributed by atoms with Gasteiger partial charge in [-0.3, -0.25) is 10.2 Å². The molecule has 1 unspecified atom stereocenters. The zero-order valence-corrected chi connectivity index (χ0v) is 14.8. The highest BCUT2D eigenvalue weighted by Crippen LogP contribution is 2.37. The monoisotopic (exact) mass is 377 g/mol. The minimum absolute atomic E-state index is 0.108. The van der Waals surface area contributed by atoms with Crippen LogP contribution in [0.4, 0.5) is 13.2 Å². The predicted molar refractivity (Wildman–Crippen MR) is 98.3 cm³/mol. The van der Waals surface area contributed by atoms with Gasteiger partial charge in [0.2, 0.25) is 0 Å². The number of hydrogen-bond acceptors (Lipinski definition) is 3. The summed E-state index contributed by atoms with van der Waals surface area (Å²) < 4.78 is 40.1. The van der Waals surface area contributed by atoms with E-state index in [2.05, 4.69) is 38.4 Å². The molecule has 3 N–H and O–H groups in total. The van der Waals surface area contributed by atoms with E-state index in [1.54, 1.807) is 24.5 Å². The minimum atomic E-state index is -4.48. The predicted octanol–water partition coefficient (Wildman–Crippen LogP) is 4.99. The van der Waals surface area contributed by atoms with E-state index in [-0.39, 0.29) is 5.56 Å². The molecule has 0 saturated heterocycles. The van der Waals surface area contributed by atoms with Crippen molar-refractivity contribution in [1.82, 2.24) is 25.7 Å². The average molecular weight is 377 g/mol. The third-order valence-electron chi connectivity index (χ3n) is 4.64. The van der Waals surface area contributed by atoms with E-state index in [1.807, 2.05) is 0 Å². The van der Waals surface area contributed by atoms with Gasteiger partial charge in [-0.25, -0.2) is 0 Å². The summed E-state index contributed by atoms with van der Waals surface area (Å²) in [4.78, 5) is 0. The molecule has 0 amide bonds. The van der Waals surface area contributed by atoms with Crippen molar-refractivity contribution in [3.05, 3.63) is 59.3 Å². The smallest absolute Gasteiger partial charge is 0.380 e. The van der Waals surface area contributed by atoms with Gasteiger partial charge in [0.05, 0.1) is 24.1 Å². The van der Waals surface area contributed by atoms with E-state index in [0.717, 1.165) is 48.9 Å². The zero-order valence-electron chi connectivity index (χ0n) is 14.8. The summed E-state index contributed by atoms with van der Waals surface area (Å²) in [7, 11) is 0. The fourth-order valence-corrected chi connectivity index (χ4v) is 3.28. The molecule has 144 valence electrons. The summed E-state index contributed by atoms with van der Waals surface area (Å²) in [5, 5.41) is 15.6. The molecule has 0 bridgehead atoms. The second-order valence-electron chi connectivity index (χ2n) is 6.45. The van der Waals surface area contributed by atoms with Crippen LogP contribution >= 0.6 is 0 Å². The third kappa shape index (κ3) is 4.50. The van der Waals surface area contributed by atoms with Crippen LogP contribution in [0.1, 0.15) is 60.7 Å². The number of alkyl halides is 3. The largest absolute Gasteiger partial charge is 0.433 e. The quantitative estimate of drug-likeness (QED) is 0.622. The fraction of sp³-hybridized carbons (Fsp3) is 0.368. The summed E-state index contributed by atoms with van der Waals surface area (Å²) in [5.41, 5.74) is 1.80. The van der Waals surface area contributed by atoms with Crippen molar-refractivity contribution in [1.29, 1.82) is 0 Å². The first kappa shape index (κ1) is 19.0. The van der Waals surface area contributed by atoms with Crippen molar-refractivity contribution in [2.24, 2.45) is 0 Å². The molecule has 0 aromatic carbocycles. The molecule has 0 radical (unpaired) electrons. The normalized spacial score (nSPS) is 16.8. The minimum Gasteiger partial charge on any atom is -0.380 e. The molecule has 2 aromatic heterocycles. The van der Waals surface area contributed by atoms with Gasteiger partial charge < -0.3 is 5.32 Å². The van der Waals surface area contributed by atoms with E-state index < -0.39 is 17.9 Å². The van der Waals surface area contributed by atoms with E-state index in [0.29, 0.717) is 0 Å². The summed E-state index contributed by atoms with van der Waals surface area (Å²) in [6.45, 7) is 3.70. The number of H-pyrrole nitrogens is 2. The van der Waals surface area contributed by atoms with Crippen molar-refractivity contribution in [2.45, 2.75) is 44.3 Å². The van der Waals surface area contributed by atoms with Crippen LogP contribution in [0, 0.1) is 0 Å². The molecule has 0 aliphatic heterocycles. The van der Waals surface area contributed by atoms with Crippen LogP contribution in [0.15, 0.2) is 36.8 Å². The molecule has 2 aromatic rings. The molecule has 0 fully saturated rings. The number of halogens is 3. The lowest BCUT2D eigenvalue weighted by Gasteiger charge is -2.22. The summed E-state index contributed by atoms with van der Waals surface area (Å²) in [6, 6.07) is -0.589. The zero-order chi connectivity index (χ0) is 19.3. The fourth-order valence-electron chi connectivity index (χ4n) is 3.28. The SMILES string of the molecule is C=Cc1[nH]ncc1/C=C/NC(C1=CCCCCC1)c1cn[nH]c1C(F)(F)F. The Hall–Kier alpha value is -2.77. The lowest BCUT2D eigenvalue weighted by Crippen LogP contribution is -2.21. The summed E-state index contributed by atoms with van der Waals surface area (Å²) >= 11 is 0. The topological polar surface area (TPSA) is 69.4 Å².